The van der Waals surface area contributed by atoms with Gasteiger partial charge in [-0.05, 0) is 42.9 Å². The van der Waals surface area contributed by atoms with Gasteiger partial charge < -0.3 is 9.84 Å². The highest BCUT2D eigenvalue weighted by Crippen LogP contribution is 2.29. The first-order valence-electron chi connectivity index (χ1n) is 10.5. The third-order valence-corrected chi connectivity index (χ3v) is 4.98. The molecule has 1 N–H and O–H groups in total. The van der Waals surface area contributed by atoms with Crippen LogP contribution in [0.4, 0.5) is 13.2 Å². The maximum Gasteiger partial charge on any atom is 0.417 e. The Bertz CT molecular complexity index is 1090. The Hall–Kier alpha value is -3.37. The van der Waals surface area contributed by atoms with Crippen molar-refractivity contribution in [2.24, 2.45) is 7.05 Å². The molecule has 3 heterocycles. The van der Waals surface area contributed by atoms with Crippen LogP contribution in [0.2, 0.25) is 0 Å². The minimum Gasteiger partial charge on any atom is -0.481 e. The Morgan fingerprint density at radius 3 is 2.52 bits per heavy atom. The number of hydrogen-bond acceptors (Lipinski definition) is 5. The molecule has 0 amide bonds. The Balaban J connectivity index is 1.65. The Morgan fingerprint density at radius 1 is 1.15 bits per heavy atom. The number of aromatic nitrogens is 5. The van der Waals surface area contributed by atoms with Gasteiger partial charge in [0.25, 0.3) is 0 Å². The first kappa shape index (κ1) is 24.3. The topological polar surface area (TPSA) is 95.1 Å². The smallest absolute Gasteiger partial charge is 0.417 e. The second-order valence-electron chi connectivity index (χ2n) is 8.02. The normalized spacial score (nSPS) is 11.8. The van der Waals surface area contributed by atoms with Gasteiger partial charge in [0.2, 0.25) is 5.88 Å². The van der Waals surface area contributed by atoms with E-state index in [-0.39, 0.29) is 12.3 Å². The van der Waals surface area contributed by atoms with Crippen molar-refractivity contribution in [1.29, 1.82) is 0 Å². The second-order valence-corrected chi connectivity index (χ2v) is 8.02. The molecule has 0 aliphatic rings. The average Bonchev–Trinajstić information content (AvgIpc) is 3.32. The highest BCUT2D eigenvalue weighted by molar-refractivity contribution is 5.67. The van der Waals surface area contributed by atoms with Gasteiger partial charge in [-0.1, -0.05) is 13.8 Å². The molecule has 11 heteroatoms. The summed E-state index contributed by atoms with van der Waals surface area (Å²) in [7, 11) is 1.75. The molecule has 0 spiro atoms. The predicted octanol–water partition coefficient (Wildman–Crippen LogP) is 4.17. The molecule has 0 fully saturated rings. The molecule has 0 atom stereocenters. The summed E-state index contributed by atoms with van der Waals surface area (Å²) < 4.78 is 47.2. The number of aliphatic carboxylic acids is 1. The molecule has 33 heavy (non-hydrogen) atoms. The standard InChI is InChI=1S/C22H26F3N5O3/c1-14(2)20-15(13-30(27-20)18-8-7-17(11-26-18)22(23,24)25)5-4-10-33-21-16(6-9-19(31)32)12-29(3)28-21/h7-8,11-14H,4-6,9-10H2,1-3H3,(H,31,32). The van der Waals surface area contributed by atoms with Crippen LogP contribution < -0.4 is 4.74 Å². The number of carboxylic acid groups (broad SMARTS) is 1. The summed E-state index contributed by atoms with van der Waals surface area (Å²) in [6.45, 7) is 4.36. The maximum absolute atomic E-state index is 12.8. The Labute approximate surface area is 189 Å². The zero-order valence-electron chi connectivity index (χ0n) is 18.6. The Kier molecular flexibility index (Phi) is 7.39. The molecule has 178 valence electrons. The molecule has 0 saturated heterocycles. The van der Waals surface area contributed by atoms with Gasteiger partial charge in [0.15, 0.2) is 5.82 Å². The molecule has 0 aliphatic heterocycles. The molecule has 0 aliphatic carbocycles. The lowest BCUT2D eigenvalue weighted by Gasteiger charge is -2.07. The SMILES string of the molecule is CC(C)c1nn(-c2ccc(C(F)(F)F)cn2)cc1CCCOc1nn(C)cc1CCC(=O)O. The number of ether oxygens (including phenoxy) is 1. The quantitative estimate of drug-likeness (QED) is 0.452. The lowest BCUT2D eigenvalue weighted by molar-refractivity contribution is -0.138. The third-order valence-electron chi connectivity index (χ3n) is 4.98. The van der Waals surface area contributed by atoms with Crippen molar-refractivity contribution in [2.75, 3.05) is 6.61 Å². The number of carboxylic acids is 1. The van der Waals surface area contributed by atoms with Gasteiger partial charge in [-0.15, -0.1) is 5.10 Å². The van der Waals surface area contributed by atoms with Crippen molar-refractivity contribution in [3.05, 3.63) is 53.1 Å². The van der Waals surface area contributed by atoms with Crippen molar-refractivity contribution < 1.29 is 27.8 Å². The fourth-order valence-electron chi connectivity index (χ4n) is 3.39. The summed E-state index contributed by atoms with van der Waals surface area (Å²) in [5.74, 6) is -0.0305. The van der Waals surface area contributed by atoms with Gasteiger partial charge in [0.05, 0.1) is 17.9 Å². The lowest BCUT2D eigenvalue weighted by Crippen LogP contribution is -2.07. The molecule has 0 aromatic carbocycles. The van der Waals surface area contributed by atoms with E-state index in [4.69, 9.17) is 9.84 Å². The summed E-state index contributed by atoms with van der Waals surface area (Å²) in [4.78, 5) is 14.7. The first-order valence-corrected chi connectivity index (χ1v) is 10.5. The zero-order valence-corrected chi connectivity index (χ0v) is 18.6. The van der Waals surface area contributed by atoms with E-state index in [1.165, 1.54) is 10.7 Å². The van der Waals surface area contributed by atoms with Gasteiger partial charge in [0.1, 0.15) is 0 Å². The Morgan fingerprint density at radius 2 is 1.91 bits per heavy atom. The van der Waals surface area contributed by atoms with E-state index in [0.717, 1.165) is 29.1 Å². The molecule has 0 bridgehead atoms. The van der Waals surface area contributed by atoms with Crippen molar-refractivity contribution in [2.45, 2.75) is 51.6 Å². The van der Waals surface area contributed by atoms with E-state index in [1.807, 2.05) is 13.8 Å². The fraction of sp³-hybridized carbons (Fsp3) is 0.455. The van der Waals surface area contributed by atoms with Crippen LogP contribution >= 0.6 is 0 Å². The number of aryl methyl sites for hydroxylation is 3. The maximum atomic E-state index is 12.8. The lowest BCUT2D eigenvalue weighted by atomic mass is 10.0. The summed E-state index contributed by atoms with van der Waals surface area (Å²) in [5.41, 5.74) is 1.74. The van der Waals surface area contributed by atoms with Crippen LogP contribution in [0.15, 0.2) is 30.7 Å². The number of carbonyl (C=O) groups is 1. The molecular weight excluding hydrogens is 439 g/mol. The number of halogens is 3. The van der Waals surface area contributed by atoms with Crippen molar-refractivity contribution in [3.8, 4) is 11.7 Å². The zero-order chi connectivity index (χ0) is 24.2. The van der Waals surface area contributed by atoms with Crippen LogP contribution in [0, 0.1) is 0 Å². The van der Waals surface area contributed by atoms with Crippen LogP contribution in [0.1, 0.15) is 55.0 Å². The van der Waals surface area contributed by atoms with Gasteiger partial charge in [-0.25, -0.2) is 9.67 Å². The van der Waals surface area contributed by atoms with Crippen LogP contribution in [0.25, 0.3) is 5.82 Å². The van der Waals surface area contributed by atoms with E-state index < -0.39 is 17.7 Å². The van der Waals surface area contributed by atoms with Crippen molar-refractivity contribution >= 4 is 5.97 Å². The fourth-order valence-corrected chi connectivity index (χ4v) is 3.39. The van der Waals surface area contributed by atoms with E-state index in [1.54, 1.807) is 24.1 Å². The van der Waals surface area contributed by atoms with Gasteiger partial charge >= 0.3 is 12.1 Å². The van der Waals surface area contributed by atoms with Crippen molar-refractivity contribution in [3.63, 3.8) is 0 Å². The monoisotopic (exact) mass is 465 g/mol. The van der Waals surface area contributed by atoms with Crippen LogP contribution in [-0.4, -0.2) is 42.2 Å². The molecule has 0 saturated carbocycles. The van der Waals surface area contributed by atoms with Crippen LogP contribution in [0.3, 0.4) is 0 Å². The molecule has 3 rings (SSSR count). The third kappa shape index (κ3) is 6.33. The van der Waals surface area contributed by atoms with E-state index in [9.17, 15) is 18.0 Å². The minimum absolute atomic E-state index is 0.00300. The summed E-state index contributed by atoms with van der Waals surface area (Å²) in [6, 6.07) is 2.29. The summed E-state index contributed by atoms with van der Waals surface area (Å²) in [6.07, 6.45) is 1.52. The molecule has 3 aromatic heterocycles. The summed E-state index contributed by atoms with van der Waals surface area (Å²) >= 11 is 0. The second kappa shape index (κ2) is 10.1. The number of rotatable bonds is 10. The number of pyridine rings is 1. The minimum atomic E-state index is -4.44. The molecule has 0 radical (unpaired) electrons. The van der Waals surface area contributed by atoms with E-state index >= 15 is 0 Å². The van der Waals surface area contributed by atoms with Gasteiger partial charge in [0, 0.05) is 37.6 Å². The average molecular weight is 465 g/mol. The number of nitrogens with zero attached hydrogens (tertiary/aromatic N) is 5. The highest BCUT2D eigenvalue weighted by Gasteiger charge is 2.30. The summed E-state index contributed by atoms with van der Waals surface area (Å²) in [5, 5.41) is 17.7. The highest BCUT2D eigenvalue weighted by atomic mass is 19.4. The molecule has 3 aromatic rings. The number of alkyl halides is 3. The van der Waals surface area contributed by atoms with Gasteiger partial charge in [-0.2, -0.15) is 18.3 Å². The molecule has 8 nitrogen and oxygen atoms in total. The van der Waals surface area contributed by atoms with Gasteiger partial charge in [-0.3, -0.25) is 9.48 Å². The first-order chi connectivity index (χ1) is 15.5. The molecular formula is C22H26F3N5O3. The molecule has 0 unspecified atom stereocenters. The predicted molar refractivity (Wildman–Crippen MR) is 113 cm³/mol. The largest absolute Gasteiger partial charge is 0.481 e. The van der Waals surface area contributed by atoms with E-state index in [2.05, 4.69) is 15.2 Å². The van der Waals surface area contributed by atoms with Crippen molar-refractivity contribution in [1.82, 2.24) is 24.5 Å². The van der Waals surface area contributed by atoms with Crippen LogP contribution in [-0.2, 0) is 30.9 Å². The van der Waals surface area contributed by atoms with Crippen LogP contribution in [0.5, 0.6) is 5.88 Å². The number of hydrogen-bond donors (Lipinski definition) is 1. The van der Waals surface area contributed by atoms with E-state index in [0.29, 0.717) is 37.6 Å².